The topological polar surface area (TPSA) is 72.6 Å². The number of hydrogen-bond acceptors (Lipinski definition) is 3. The van der Waals surface area contributed by atoms with Crippen LogP contribution in [0.2, 0.25) is 0 Å². The van der Waals surface area contributed by atoms with Gasteiger partial charge in [-0.25, -0.2) is 0 Å². The van der Waals surface area contributed by atoms with Crippen LogP contribution in [0, 0.1) is 5.92 Å². The van der Waals surface area contributed by atoms with Crippen LogP contribution in [0.25, 0.3) is 0 Å². The minimum atomic E-state index is -0.883. The predicted octanol–water partition coefficient (Wildman–Crippen LogP) is 7.36. The Morgan fingerprint density at radius 3 is 1.85 bits per heavy atom. The van der Waals surface area contributed by atoms with Gasteiger partial charge in [0, 0.05) is 13.2 Å². The molecule has 0 saturated heterocycles. The first-order chi connectivity index (χ1) is 16.5. The second-order valence-electron chi connectivity index (χ2n) is 8.94. The number of carbonyl (C=O) groups is 1. The normalized spacial score (nSPS) is 15.4. The summed E-state index contributed by atoms with van der Waals surface area (Å²) in [7, 11) is 0. The van der Waals surface area contributed by atoms with Gasteiger partial charge in [-0.2, -0.15) is 0 Å². The van der Waals surface area contributed by atoms with Crippen molar-refractivity contribution in [2.45, 2.75) is 103 Å². The number of amides is 1. The van der Waals surface area contributed by atoms with E-state index in [4.69, 9.17) is 15.6 Å². The van der Waals surface area contributed by atoms with Crippen molar-refractivity contribution >= 4 is 5.91 Å². The third-order valence-electron chi connectivity index (χ3n) is 5.85. The molecule has 0 heterocycles. The molecule has 1 amide bonds. The summed E-state index contributed by atoms with van der Waals surface area (Å²) in [5, 5.41) is 9.02. The number of unbranched alkanes of at least 4 members (excludes halogenated alkanes) is 2. The molecule has 0 aromatic carbocycles. The summed E-state index contributed by atoms with van der Waals surface area (Å²) in [4.78, 5) is 12.1. The van der Waals surface area contributed by atoms with Crippen molar-refractivity contribution in [3.63, 3.8) is 0 Å². The van der Waals surface area contributed by atoms with Gasteiger partial charge in [-0.3, -0.25) is 4.79 Å². The van der Waals surface area contributed by atoms with E-state index in [1.54, 1.807) is 0 Å². The average Bonchev–Trinajstić information content (AvgIpc) is 2.83. The van der Waals surface area contributed by atoms with E-state index in [9.17, 15) is 4.79 Å². The quantitative estimate of drug-likeness (QED) is 0.127. The van der Waals surface area contributed by atoms with E-state index in [1.165, 1.54) is 0 Å². The molecule has 0 aliphatic carbocycles. The van der Waals surface area contributed by atoms with Gasteiger partial charge in [-0.1, -0.05) is 81.5 Å². The number of aliphatic hydroxyl groups excluding tert-OH is 1. The summed E-state index contributed by atoms with van der Waals surface area (Å²) in [5.74, 6) is -0.0791. The lowest BCUT2D eigenvalue weighted by atomic mass is 9.86. The van der Waals surface area contributed by atoms with Crippen molar-refractivity contribution < 1.29 is 14.6 Å². The molecule has 0 aromatic heterocycles. The molecule has 4 heteroatoms. The van der Waals surface area contributed by atoms with Gasteiger partial charge in [0.25, 0.3) is 0 Å². The van der Waals surface area contributed by atoms with Crippen molar-refractivity contribution in [3.05, 3.63) is 60.8 Å². The second kappa shape index (κ2) is 22.9. The Morgan fingerprint density at radius 1 is 0.853 bits per heavy atom. The Labute approximate surface area is 209 Å². The summed E-state index contributed by atoms with van der Waals surface area (Å²) in [6.07, 6.45) is 32.9. The van der Waals surface area contributed by atoms with E-state index in [0.29, 0.717) is 25.4 Å². The minimum absolute atomic E-state index is 0.177. The zero-order chi connectivity index (χ0) is 25.3. The lowest BCUT2D eigenvalue weighted by molar-refractivity contribution is -0.147. The molecule has 194 valence electrons. The molecule has 0 saturated carbocycles. The lowest BCUT2D eigenvalue weighted by Crippen LogP contribution is -2.47. The number of ether oxygens (including phenoxy) is 1. The van der Waals surface area contributed by atoms with Crippen molar-refractivity contribution in [2.75, 3.05) is 13.2 Å². The maximum atomic E-state index is 12.1. The summed E-state index contributed by atoms with van der Waals surface area (Å²) < 4.78 is 6.03. The monoisotopic (exact) mass is 473 g/mol. The Balaban J connectivity index is 3.96. The molecule has 34 heavy (non-hydrogen) atoms. The molecule has 2 unspecified atom stereocenters. The summed E-state index contributed by atoms with van der Waals surface area (Å²) in [5.41, 5.74) is 4.82. The molecule has 3 N–H and O–H groups in total. The molecular formula is C30H51NO3. The van der Waals surface area contributed by atoms with Crippen LogP contribution in [0.5, 0.6) is 0 Å². The van der Waals surface area contributed by atoms with E-state index in [-0.39, 0.29) is 12.5 Å². The molecule has 0 aliphatic rings. The fourth-order valence-electron chi connectivity index (χ4n) is 3.76. The number of carbonyl (C=O) groups excluding carboxylic acids is 1. The number of primary amides is 1. The zero-order valence-electron chi connectivity index (χ0n) is 22.1. The second-order valence-corrected chi connectivity index (χ2v) is 8.94. The minimum Gasteiger partial charge on any atom is -0.396 e. The Hall–Kier alpha value is -1.91. The lowest BCUT2D eigenvalue weighted by Gasteiger charge is -2.32. The van der Waals surface area contributed by atoms with Crippen LogP contribution in [-0.2, 0) is 9.53 Å². The fraction of sp³-hybridized carbons (Fsp3) is 0.633. The van der Waals surface area contributed by atoms with E-state index in [0.717, 1.165) is 64.2 Å². The SMILES string of the molecule is CC/C=C\C/C=C\C/C=C\C/C=C\C/C=C\CCCCOC(CC)(CC(C)CCCO)C(N)=O. The summed E-state index contributed by atoms with van der Waals surface area (Å²) in [6, 6.07) is 0. The highest BCUT2D eigenvalue weighted by Crippen LogP contribution is 2.28. The first-order valence-corrected chi connectivity index (χ1v) is 13.3. The van der Waals surface area contributed by atoms with Gasteiger partial charge in [-0.15, -0.1) is 0 Å². The van der Waals surface area contributed by atoms with Crippen LogP contribution in [0.4, 0.5) is 0 Å². The smallest absolute Gasteiger partial charge is 0.249 e. The van der Waals surface area contributed by atoms with Crippen molar-refractivity contribution in [1.82, 2.24) is 0 Å². The molecule has 0 aliphatic heterocycles. The third-order valence-corrected chi connectivity index (χ3v) is 5.85. The van der Waals surface area contributed by atoms with E-state index >= 15 is 0 Å². The van der Waals surface area contributed by atoms with Gasteiger partial charge in [0.2, 0.25) is 5.91 Å². The number of rotatable bonds is 22. The maximum absolute atomic E-state index is 12.1. The average molecular weight is 474 g/mol. The van der Waals surface area contributed by atoms with Crippen molar-refractivity contribution in [1.29, 1.82) is 0 Å². The number of nitrogens with two attached hydrogens (primary N) is 1. The maximum Gasteiger partial charge on any atom is 0.249 e. The van der Waals surface area contributed by atoms with Crippen LogP contribution in [0.1, 0.15) is 97.8 Å². The van der Waals surface area contributed by atoms with Gasteiger partial charge in [0.05, 0.1) is 0 Å². The Morgan fingerprint density at radius 2 is 1.38 bits per heavy atom. The highest BCUT2D eigenvalue weighted by molar-refractivity contribution is 5.83. The van der Waals surface area contributed by atoms with E-state index < -0.39 is 5.60 Å². The molecule has 2 atom stereocenters. The van der Waals surface area contributed by atoms with Crippen LogP contribution >= 0.6 is 0 Å². The Bertz CT molecular complexity index is 633. The van der Waals surface area contributed by atoms with Gasteiger partial charge in [-0.05, 0) is 83.0 Å². The van der Waals surface area contributed by atoms with Gasteiger partial charge >= 0.3 is 0 Å². The van der Waals surface area contributed by atoms with Crippen LogP contribution in [0.3, 0.4) is 0 Å². The molecule has 0 fully saturated rings. The third kappa shape index (κ3) is 17.6. The number of allylic oxidation sites excluding steroid dienone is 10. The van der Waals surface area contributed by atoms with Crippen LogP contribution in [0.15, 0.2) is 60.8 Å². The molecule has 0 radical (unpaired) electrons. The standard InChI is InChI=1S/C30H51NO3/c1-4-6-7-8-9-10-11-12-13-14-15-16-17-18-19-20-21-22-26-34-30(5-2,29(31)33)27-28(3)24-23-25-32/h6-7,9-10,12-13,15-16,18-19,28,32H,4-5,8,11,14,17,20-27H2,1-3H3,(H2,31,33)/b7-6-,10-9-,13-12-,16-15-,19-18-. The zero-order valence-corrected chi connectivity index (χ0v) is 22.1. The van der Waals surface area contributed by atoms with Crippen molar-refractivity contribution in [3.8, 4) is 0 Å². The first kappa shape index (κ1) is 32.1. The van der Waals surface area contributed by atoms with Crippen LogP contribution < -0.4 is 5.73 Å². The number of aliphatic hydroxyl groups is 1. The van der Waals surface area contributed by atoms with Gasteiger partial charge < -0.3 is 15.6 Å². The van der Waals surface area contributed by atoms with Crippen LogP contribution in [-0.4, -0.2) is 29.8 Å². The largest absolute Gasteiger partial charge is 0.396 e. The fourth-order valence-corrected chi connectivity index (χ4v) is 3.76. The highest BCUT2D eigenvalue weighted by atomic mass is 16.5. The van der Waals surface area contributed by atoms with Gasteiger partial charge in [0.15, 0.2) is 0 Å². The molecule has 0 bridgehead atoms. The molecule has 0 rings (SSSR count). The number of hydrogen-bond donors (Lipinski definition) is 2. The summed E-state index contributed by atoms with van der Waals surface area (Å²) >= 11 is 0. The molecule has 0 aromatic rings. The first-order valence-electron chi connectivity index (χ1n) is 13.3. The van der Waals surface area contributed by atoms with Crippen molar-refractivity contribution in [2.24, 2.45) is 11.7 Å². The molecular weight excluding hydrogens is 422 g/mol. The highest BCUT2D eigenvalue weighted by Gasteiger charge is 2.37. The molecule has 4 nitrogen and oxygen atoms in total. The van der Waals surface area contributed by atoms with E-state index in [2.05, 4.69) is 74.6 Å². The predicted molar refractivity (Wildman–Crippen MR) is 147 cm³/mol. The summed E-state index contributed by atoms with van der Waals surface area (Å²) in [6.45, 7) is 6.93. The Kier molecular flexibility index (Phi) is 21.6. The molecule has 0 spiro atoms. The van der Waals surface area contributed by atoms with E-state index in [1.807, 2.05) is 6.92 Å². The van der Waals surface area contributed by atoms with Gasteiger partial charge in [0.1, 0.15) is 5.60 Å².